The fourth-order valence-corrected chi connectivity index (χ4v) is 2.86. The molecule has 0 aliphatic carbocycles. The van der Waals surface area contributed by atoms with Gasteiger partial charge in [0, 0.05) is 22.5 Å². The molecule has 2 N–H and O–H groups in total. The Hall–Kier alpha value is -3.06. The molecule has 0 unspecified atom stereocenters. The highest BCUT2D eigenvalue weighted by Gasteiger charge is 2.13. The molecule has 2 aromatic heterocycles. The molecule has 2 heterocycles. The molecule has 27 heavy (non-hydrogen) atoms. The van der Waals surface area contributed by atoms with Crippen molar-refractivity contribution in [3.63, 3.8) is 0 Å². The average molecular weight is 386 g/mol. The van der Waals surface area contributed by atoms with E-state index in [1.54, 1.807) is 26.5 Å². The number of rotatable bonds is 4. The second-order valence-corrected chi connectivity index (χ2v) is 5.70. The Morgan fingerprint density at radius 3 is 2.48 bits per heavy atom. The normalized spacial score (nSPS) is 10.4. The number of halogens is 1. The van der Waals surface area contributed by atoms with Gasteiger partial charge in [-0.15, -0.1) is 0 Å². The fourth-order valence-electron chi connectivity index (χ4n) is 2.68. The molecule has 0 bridgehead atoms. The van der Waals surface area contributed by atoms with Crippen LogP contribution in [-0.4, -0.2) is 34.4 Å². The molecule has 7 nitrogen and oxygen atoms in total. The van der Waals surface area contributed by atoms with E-state index in [2.05, 4.69) is 25.5 Å². The van der Waals surface area contributed by atoms with Crippen LogP contribution in [0.4, 0.5) is 11.5 Å². The minimum atomic E-state index is 0.145. The average Bonchev–Trinajstić information content (AvgIpc) is 3.16. The van der Waals surface area contributed by atoms with Crippen molar-refractivity contribution >= 4 is 44.9 Å². The first-order valence-electron chi connectivity index (χ1n) is 8.47. The van der Waals surface area contributed by atoms with Crippen molar-refractivity contribution in [1.29, 1.82) is 0 Å². The summed E-state index contributed by atoms with van der Waals surface area (Å²) in [6.07, 6.45) is 1.76. The molecule has 2 aromatic carbocycles. The van der Waals surface area contributed by atoms with Crippen molar-refractivity contribution in [2.24, 2.45) is 0 Å². The number of aromatic amines is 1. The summed E-state index contributed by atoms with van der Waals surface area (Å²) in [5.74, 6) is 1.75. The predicted molar refractivity (Wildman–Crippen MR) is 108 cm³/mol. The lowest BCUT2D eigenvalue weighted by Crippen LogP contribution is -1.99. The molecule has 0 saturated heterocycles. The molecule has 0 aliphatic heterocycles. The quantitative estimate of drug-likeness (QED) is 0.483. The molecule has 0 amide bonds. The first-order chi connectivity index (χ1) is 13.2. The van der Waals surface area contributed by atoms with Crippen LogP contribution in [-0.2, 0) is 0 Å². The zero-order valence-corrected chi connectivity index (χ0v) is 16.3. The summed E-state index contributed by atoms with van der Waals surface area (Å²) in [6.45, 7) is 4.00. The van der Waals surface area contributed by atoms with Gasteiger partial charge in [-0.05, 0) is 35.9 Å². The fraction of sp³-hybridized carbons (Fsp3) is 0.211. The van der Waals surface area contributed by atoms with Gasteiger partial charge in [0.15, 0.2) is 11.5 Å². The second-order valence-electron chi connectivity index (χ2n) is 5.36. The molecule has 0 saturated carbocycles. The molecular formula is C19H20ClN5O2. The number of ether oxygens (including phenoxy) is 2. The van der Waals surface area contributed by atoms with Crippen molar-refractivity contribution < 1.29 is 9.47 Å². The molecular weight excluding hydrogens is 366 g/mol. The SMILES string of the molecule is CC.COc1cc2nc(Cl)nc(Nc3ccc4[nH]ncc4c3)c2cc1OC. The van der Waals surface area contributed by atoms with E-state index < -0.39 is 0 Å². The molecule has 4 rings (SSSR count). The maximum atomic E-state index is 6.09. The van der Waals surface area contributed by atoms with Crippen LogP contribution < -0.4 is 14.8 Å². The topological polar surface area (TPSA) is 85.0 Å². The number of benzene rings is 2. The summed E-state index contributed by atoms with van der Waals surface area (Å²) in [4.78, 5) is 8.59. The number of fused-ring (bicyclic) bond motifs is 2. The Balaban J connectivity index is 0.00000102. The Bertz CT molecular complexity index is 1080. The maximum absolute atomic E-state index is 6.09. The van der Waals surface area contributed by atoms with Crippen molar-refractivity contribution in [2.75, 3.05) is 19.5 Å². The molecule has 8 heteroatoms. The van der Waals surface area contributed by atoms with Gasteiger partial charge >= 0.3 is 0 Å². The van der Waals surface area contributed by atoms with Gasteiger partial charge in [0.05, 0.1) is 31.4 Å². The van der Waals surface area contributed by atoms with Crippen LogP contribution in [0.2, 0.25) is 5.28 Å². The van der Waals surface area contributed by atoms with Crippen LogP contribution in [0.1, 0.15) is 13.8 Å². The Kier molecular flexibility index (Phi) is 5.61. The summed E-state index contributed by atoms with van der Waals surface area (Å²) >= 11 is 6.09. The largest absolute Gasteiger partial charge is 0.493 e. The number of nitrogens with one attached hydrogen (secondary N) is 2. The van der Waals surface area contributed by atoms with E-state index in [4.69, 9.17) is 21.1 Å². The monoisotopic (exact) mass is 385 g/mol. The van der Waals surface area contributed by atoms with Gasteiger partial charge in [-0.1, -0.05) is 13.8 Å². The van der Waals surface area contributed by atoms with Gasteiger partial charge in [-0.25, -0.2) is 4.98 Å². The highest BCUT2D eigenvalue weighted by atomic mass is 35.5. The Morgan fingerprint density at radius 2 is 1.74 bits per heavy atom. The minimum absolute atomic E-state index is 0.145. The van der Waals surface area contributed by atoms with Gasteiger partial charge in [-0.2, -0.15) is 10.1 Å². The summed E-state index contributed by atoms with van der Waals surface area (Å²) in [6, 6.07) is 9.44. The van der Waals surface area contributed by atoms with Gasteiger partial charge in [0.25, 0.3) is 0 Å². The molecule has 0 radical (unpaired) electrons. The first kappa shape index (κ1) is 18.7. The van der Waals surface area contributed by atoms with E-state index in [0.717, 1.165) is 22.0 Å². The van der Waals surface area contributed by atoms with Crippen LogP contribution in [0.5, 0.6) is 11.5 Å². The van der Waals surface area contributed by atoms with Crippen molar-refractivity contribution in [2.45, 2.75) is 13.8 Å². The third-order valence-electron chi connectivity index (χ3n) is 3.88. The molecule has 4 aromatic rings. The number of hydrogen-bond donors (Lipinski definition) is 2. The third-order valence-corrected chi connectivity index (χ3v) is 4.05. The zero-order valence-electron chi connectivity index (χ0n) is 15.5. The number of aromatic nitrogens is 4. The maximum Gasteiger partial charge on any atom is 0.224 e. The van der Waals surface area contributed by atoms with Crippen LogP contribution in [0, 0.1) is 0 Å². The summed E-state index contributed by atoms with van der Waals surface area (Å²) < 4.78 is 10.7. The minimum Gasteiger partial charge on any atom is -0.493 e. The summed E-state index contributed by atoms with van der Waals surface area (Å²) in [5.41, 5.74) is 2.48. The third kappa shape index (κ3) is 3.73. The lowest BCUT2D eigenvalue weighted by molar-refractivity contribution is 0.356. The lowest BCUT2D eigenvalue weighted by atomic mass is 10.2. The number of anilines is 2. The van der Waals surface area contributed by atoms with Crippen molar-refractivity contribution in [1.82, 2.24) is 20.2 Å². The summed E-state index contributed by atoms with van der Waals surface area (Å²) in [7, 11) is 3.16. The summed E-state index contributed by atoms with van der Waals surface area (Å²) in [5, 5.41) is 12.1. The second kappa shape index (κ2) is 8.09. The first-order valence-corrected chi connectivity index (χ1v) is 8.85. The molecule has 0 aliphatic rings. The van der Waals surface area contributed by atoms with Gasteiger partial charge in [0.1, 0.15) is 5.82 Å². The van der Waals surface area contributed by atoms with Gasteiger partial charge in [-0.3, -0.25) is 5.10 Å². The number of methoxy groups -OCH3 is 2. The number of hydrogen-bond acceptors (Lipinski definition) is 6. The van der Waals surface area contributed by atoms with E-state index in [-0.39, 0.29) is 5.28 Å². The molecule has 140 valence electrons. The Morgan fingerprint density at radius 1 is 1.00 bits per heavy atom. The van der Waals surface area contributed by atoms with E-state index >= 15 is 0 Å². The van der Waals surface area contributed by atoms with Crippen LogP contribution in [0.15, 0.2) is 36.5 Å². The molecule has 0 fully saturated rings. The number of H-pyrrole nitrogens is 1. The Labute approximate surface area is 161 Å². The standard InChI is InChI=1S/C17H14ClN5O2.C2H6/c1-24-14-6-11-13(7-15(14)25-2)21-17(18)22-16(11)20-10-3-4-12-9(5-10)8-19-23-12;1-2/h3-8H,1-2H3,(H,19,23)(H,20,21,22);1-2H3. The van der Waals surface area contributed by atoms with Crippen LogP contribution >= 0.6 is 11.6 Å². The van der Waals surface area contributed by atoms with E-state index in [1.165, 1.54) is 0 Å². The smallest absolute Gasteiger partial charge is 0.224 e. The van der Waals surface area contributed by atoms with Gasteiger partial charge < -0.3 is 14.8 Å². The van der Waals surface area contributed by atoms with Crippen molar-refractivity contribution in [3.05, 3.63) is 41.8 Å². The highest BCUT2D eigenvalue weighted by Crippen LogP contribution is 2.35. The number of nitrogens with zero attached hydrogens (tertiary/aromatic N) is 3. The highest BCUT2D eigenvalue weighted by molar-refractivity contribution is 6.28. The predicted octanol–water partition coefficient (Wildman–Crippen LogP) is 4.95. The lowest BCUT2D eigenvalue weighted by Gasteiger charge is -2.12. The zero-order chi connectivity index (χ0) is 19.4. The van der Waals surface area contributed by atoms with E-state index in [0.29, 0.717) is 22.8 Å². The van der Waals surface area contributed by atoms with E-state index in [1.807, 2.05) is 38.1 Å². The van der Waals surface area contributed by atoms with E-state index in [9.17, 15) is 0 Å². The van der Waals surface area contributed by atoms with Crippen molar-refractivity contribution in [3.8, 4) is 11.5 Å². The van der Waals surface area contributed by atoms with Crippen LogP contribution in [0.3, 0.4) is 0 Å². The molecule has 0 spiro atoms. The molecule has 0 atom stereocenters. The van der Waals surface area contributed by atoms with Crippen LogP contribution in [0.25, 0.3) is 21.8 Å². The van der Waals surface area contributed by atoms with Gasteiger partial charge in [0.2, 0.25) is 5.28 Å².